The van der Waals surface area contributed by atoms with Crippen molar-refractivity contribution >= 4 is 63.3 Å². The van der Waals surface area contributed by atoms with Gasteiger partial charge in [-0.05, 0) is 32.1 Å². The number of allylic oxidation sites excluding steroid dienone is 2. The first-order chi connectivity index (χ1) is 11.5. The van der Waals surface area contributed by atoms with Crippen LogP contribution in [0.5, 0.6) is 0 Å². The van der Waals surface area contributed by atoms with Gasteiger partial charge in [-0.3, -0.25) is 9.59 Å². The third-order valence-electron chi connectivity index (χ3n) is 3.65. The van der Waals surface area contributed by atoms with E-state index in [9.17, 15) is 4.79 Å². The van der Waals surface area contributed by atoms with Gasteiger partial charge < -0.3 is 10.2 Å². The number of unbranched alkanes of at least 4 members (excludes halogenated alkanes) is 11. The van der Waals surface area contributed by atoms with Crippen LogP contribution in [0.15, 0.2) is 12.2 Å². The molecule has 0 unspecified atom stereocenters. The maximum absolute atomic E-state index is 10.3. The number of carboxylic acids is 2. The summed E-state index contributed by atoms with van der Waals surface area (Å²) >= 11 is 0. The Morgan fingerprint density at radius 2 is 1.08 bits per heavy atom. The van der Waals surface area contributed by atoms with Crippen molar-refractivity contribution in [2.75, 3.05) is 0 Å². The Morgan fingerprint density at radius 3 is 1.48 bits per heavy atom. The summed E-state index contributed by atoms with van der Waals surface area (Å²) in [4.78, 5) is 19.3. The second-order valence-corrected chi connectivity index (χ2v) is 6.25. The molecule has 0 aliphatic heterocycles. The molecule has 144 valence electrons. The molecule has 0 aromatic rings. The topological polar surface area (TPSA) is 74.6 Å². The van der Waals surface area contributed by atoms with Crippen molar-refractivity contribution in [1.29, 1.82) is 0 Å². The predicted octanol–water partition coefficient (Wildman–Crippen LogP) is 5.55. The summed E-state index contributed by atoms with van der Waals surface area (Å²) in [6.45, 7) is 3.34. The van der Waals surface area contributed by atoms with Gasteiger partial charge in [0.2, 0.25) is 0 Å². The molecule has 0 heterocycles. The molecule has 0 fully saturated rings. The summed E-state index contributed by atoms with van der Waals surface area (Å²) in [5.41, 5.74) is 0. The van der Waals surface area contributed by atoms with Crippen LogP contribution in [0.4, 0.5) is 0 Å². The van der Waals surface area contributed by atoms with Gasteiger partial charge in [0.25, 0.3) is 5.97 Å². The maximum atomic E-state index is 10.3. The summed E-state index contributed by atoms with van der Waals surface area (Å²) < 4.78 is 0. The van der Waals surface area contributed by atoms with Gasteiger partial charge in [-0.25, -0.2) is 0 Å². The van der Waals surface area contributed by atoms with Crippen molar-refractivity contribution in [3.8, 4) is 0 Å². The molecule has 0 saturated heterocycles. The van der Waals surface area contributed by atoms with E-state index in [4.69, 9.17) is 15.0 Å². The zero-order chi connectivity index (χ0) is 18.5. The molecule has 0 aliphatic carbocycles. The minimum absolute atomic E-state index is 0. The summed E-state index contributed by atoms with van der Waals surface area (Å²) in [5.74, 6) is -1.50. The number of hydrogen-bond donors (Lipinski definition) is 2. The molecule has 0 aromatic carbocycles. The Morgan fingerprint density at radius 1 is 0.720 bits per heavy atom. The van der Waals surface area contributed by atoms with E-state index >= 15 is 0 Å². The number of hydrogen-bond acceptors (Lipinski definition) is 2. The molecule has 4 nitrogen and oxygen atoms in total. The molecule has 5 heteroatoms. The van der Waals surface area contributed by atoms with Crippen LogP contribution in [0.25, 0.3) is 0 Å². The number of carboxylic acid groups (broad SMARTS) is 2. The summed E-state index contributed by atoms with van der Waals surface area (Å²) in [6, 6.07) is 0. The molecule has 0 bridgehead atoms. The Bertz CT molecular complexity index is 313. The fraction of sp³-hybridized carbons (Fsp3) is 0.800. The van der Waals surface area contributed by atoms with Crippen LogP contribution in [0.1, 0.15) is 104 Å². The minimum atomic E-state index is -0.833. The summed E-state index contributed by atoms with van der Waals surface area (Å²) in [6.07, 6.45) is 21.2. The van der Waals surface area contributed by atoms with Gasteiger partial charge in [0.15, 0.2) is 0 Å². The van der Waals surface area contributed by atoms with E-state index < -0.39 is 11.9 Å². The summed E-state index contributed by atoms with van der Waals surface area (Å²) in [7, 11) is 0. The Balaban J connectivity index is -0.000000867. The molecule has 0 aliphatic rings. The van der Waals surface area contributed by atoms with Crippen molar-refractivity contribution in [2.45, 2.75) is 104 Å². The van der Waals surface area contributed by atoms with Gasteiger partial charge in [0.05, 0.1) is 0 Å². The molecule has 0 aromatic heterocycles. The van der Waals surface area contributed by atoms with Crippen LogP contribution in [-0.2, 0) is 9.59 Å². The van der Waals surface area contributed by atoms with E-state index in [0.29, 0.717) is 6.42 Å². The van der Waals surface area contributed by atoms with Gasteiger partial charge in [-0.1, -0.05) is 70.4 Å². The second-order valence-electron chi connectivity index (χ2n) is 6.25. The van der Waals surface area contributed by atoms with Gasteiger partial charge in [-0.15, -0.1) is 0 Å². The van der Waals surface area contributed by atoms with Crippen molar-refractivity contribution < 1.29 is 19.8 Å². The molecule has 0 rings (SSSR count). The molecule has 0 saturated carbocycles. The van der Waals surface area contributed by atoms with Crippen LogP contribution in [0.2, 0.25) is 0 Å². The molecular weight excluding hydrogens is 343 g/mol. The van der Waals surface area contributed by atoms with Crippen LogP contribution in [-0.4, -0.2) is 73.5 Å². The van der Waals surface area contributed by atoms with Crippen LogP contribution in [0, 0.1) is 0 Å². The first kappa shape index (κ1) is 30.1. The average molecular weight is 383 g/mol. The molecule has 0 radical (unpaired) electrons. The predicted molar refractivity (Wildman–Crippen MR) is 108 cm³/mol. The SMILES string of the molecule is CC(=O)O.CCCCCCCC/C=C\CCCCCCCC(=O)O.[KH]. The van der Waals surface area contributed by atoms with Gasteiger partial charge >= 0.3 is 57.4 Å². The molecule has 0 amide bonds. The second kappa shape index (κ2) is 26.5. The van der Waals surface area contributed by atoms with E-state index in [1.165, 1.54) is 70.6 Å². The molecule has 0 spiro atoms. The normalized spacial score (nSPS) is 10.0. The standard InChI is InChI=1S/C18H34O2.C2H4O2.K.H/c1-2-3-4-5-6-7-8-9-10-11-12-13-14-15-16-17-18(19)20;1-2(3)4;;/h9-10H,2-8,11-17H2,1H3,(H,19,20);1H3,(H,3,4);;/b10-9-;;;. The zero-order valence-corrected chi connectivity index (χ0v) is 15.8. The molecule has 25 heavy (non-hydrogen) atoms. The van der Waals surface area contributed by atoms with E-state index in [1.54, 1.807) is 0 Å². The number of rotatable bonds is 15. The van der Waals surface area contributed by atoms with Crippen LogP contribution >= 0.6 is 0 Å². The van der Waals surface area contributed by atoms with Gasteiger partial charge in [-0.2, -0.15) is 0 Å². The van der Waals surface area contributed by atoms with E-state index in [-0.39, 0.29) is 51.4 Å². The Hall–Kier alpha value is 0.316. The molecule has 0 atom stereocenters. The quantitative estimate of drug-likeness (QED) is 0.221. The van der Waals surface area contributed by atoms with Crippen LogP contribution in [0.3, 0.4) is 0 Å². The van der Waals surface area contributed by atoms with E-state index in [1.807, 2.05) is 0 Å². The fourth-order valence-electron chi connectivity index (χ4n) is 2.35. The van der Waals surface area contributed by atoms with Crippen LogP contribution < -0.4 is 0 Å². The van der Waals surface area contributed by atoms with E-state index in [2.05, 4.69) is 19.1 Å². The number of carbonyl (C=O) groups is 2. The Labute approximate surface area is 197 Å². The van der Waals surface area contributed by atoms with Crippen molar-refractivity contribution in [2.24, 2.45) is 0 Å². The van der Waals surface area contributed by atoms with Gasteiger partial charge in [0.1, 0.15) is 0 Å². The van der Waals surface area contributed by atoms with Crippen molar-refractivity contribution in [1.82, 2.24) is 0 Å². The third kappa shape index (κ3) is 40.4. The first-order valence-electron chi connectivity index (χ1n) is 9.57. The first-order valence-corrected chi connectivity index (χ1v) is 9.57. The summed E-state index contributed by atoms with van der Waals surface area (Å²) in [5, 5.41) is 15.9. The monoisotopic (exact) mass is 382 g/mol. The average Bonchev–Trinajstić information content (AvgIpc) is 2.50. The van der Waals surface area contributed by atoms with Crippen molar-refractivity contribution in [3.63, 3.8) is 0 Å². The van der Waals surface area contributed by atoms with E-state index in [0.717, 1.165) is 19.8 Å². The molecular formula is C20H39KO4. The fourth-order valence-corrected chi connectivity index (χ4v) is 2.35. The Kier molecular flexibility index (Phi) is 31.9. The number of aliphatic carboxylic acids is 2. The third-order valence-corrected chi connectivity index (χ3v) is 3.65. The molecule has 2 N–H and O–H groups in total. The zero-order valence-electron chi connectivity index (χ0n) is 15.8. The van der Waals surface area contributed by atoms with Crippen molar-refractivity contribution in [3.05, 3.63) is 12.2 Å². The van der Waals surface area contributed by atoms with Gasteiger partial charge in [0, 0.05) is 13.3 Å².